The molecule has 3 atom stereocenters. The maximum absolute atomic E-state index is 12.1. The van der Waals surface area contributed by atoms with Gasteiger partial charge < -0.3 is 19.3 Å². The highest BCUT2D eigenvalue weighted by Crippen LogP contribution is 2.41. The molecule has 1 aliphatic rings. The molecule has 1 aliphatic heterocycles. The first-order valence-electron chi connectivity index (χ1n) is 10.2. The summed E-state index contributed by atoms with van der Waals surface area (Å²) in [6, 6.07) is 0. The largest absolute Gasteiger partial charge is 0.411 e. The molecule has 30 heavy (non-hydrogen) atoms. The van der Waals surface area contributed by atoms with Gasteiger partial charge in [-0.3, -0.25) is 9.36 Å². The summed E-state index contributed by atoms with van der Waals surface area (Å²) >= 11 is 0. The number of hydrogen-bond acceptors (Lipinski definition) is 7. The van der Waals surface area contributed by atoms with Crippen LogP contribution in [0, 0.1) is 5.92 Å². The summed E-state index contributed by atoms with van der Waals surface area (Å²) in [5.41, 5.74) is 1.01. The van der Waals surface area contributed by atoms with Crippen LogP contribution in [0.15, 0.2) is 12.7 Å². The van der Waals surface area contributed by atoms with Crippen LogP contribution in [0.25, 0.3) is 11.2 Å². The maximum Gasteiger partial charge on any atom is 0.228 e. The van der Waals surface area contributed by atoms with Gasteiger partial charge in [0.15, 0.2) is 31.6 Å². The molecule has 0 aromatic carbocycles. The molecular weight excluding hydrogens is 402 g/mol. The molecule has 0 radical (unpaired) electrons. The Balaban J connectivity index is 1.86. The van der Waals surface area contributed by atoms with Crippen molar-refractivity contribution in [2.75, 3.05) is 5.32 Å². The SMILES string of the molecule is CC(C)C(=O)Nc1ncnc2c1ncn2[C@H]1C[C@H](O[Si](C)(C)C(C)(C)C)[C@@H](C=O)O1. The highest BCUT2D eigenvalue weighted by atomic mass is 28.4. The lowest BCUT2D eigenvalue weighted by molar-refractivity contribution is -0.122. The number of amides is 1. The van der Waals surface area contributed by atoms with E-state index in [9.17, 15) is 9.59 Å². The number of rotatable bonds is 6. The molecule has 0 bridgehead atoms. The third-order valence-electron chi connectivity index (χ3n) is 5.94. The Morgan fingerprint density at radius 1 is 1.33 bits per heavy atom. The van der Waals surface area contributed by atoms with E-state index < -0.39 is 20.6 Å². The standard InChI is InChI=1S/C20H31N5O4Si/c1-12(2)19(27)24-17-16-18(22-10-21-17)25(11-23-16)15-8-13(14(9-26)28-15)29-30(6,7)20(3,4)5/h9-15H,8H2,1-7H3,(H,21,22,24,27)/t13-,14+,15+/m0/s1. The van der Waals surface area contributed by atoms with Crippen molar-refractivity contribution >= 4 is 37.5 Å². The van der Waals surface area contributed by atoms with Crippen molar-refractivity contribution in [3.8, 4) is 0 Å². The lowest BCUT2D eigenvalue weighted by atomic mass is 10.2. The minimum atomic E-state index is -2.07. The summed E-state index contributed by atoms with van der Waals surface area (Å²) in [5, 5.41) is 2.81. The predicted molar refractivity (Wildman–Crippen MR) is 115 cm³/mol. The second-order valence-corrected chi connectivity index (χ2v) is 14.3. The number of aldehydes is 1. The summed E-state index contributed by atoms with van der Waals surface area (Å²) in [6.45, 7) is 14.4. The van der Waals surface area contributed by atoms with Gasteiger partial charge in [0.1, 0.15) is 18.7 Å². The zero-order valence-electron chi connectivity index (χ0n) is 18.7. The number of carbonyl (C=O) groups is 2. The highest BCUT2D eigenvalue weighted by molar-refractivity contribution is 6.74. The Bertz CT molecular complexity index is 937. The number of fused-ring (bicyclic) bond motifs is 1. The van der Waals surface area contributed by atoms with E-state index in [0.717, 1.165) is 6.29 Å². The molecule has 9 nitrogen and oxygen atoms in total. The van der Waals surface area contributed by atoms with E-state index >= 15 is 0 Å². The maximum atomic E-state index is 12.1. The average molecular weight is 434 g/mol. The van der Waals surface area contributed by atoms with Crippen molar-refractivity contribution in [2.24, 2.45) is 5.92 Å². The van der Waals surface area contributed by atoms with E-state index in [1.165, 1.54) is 6.33 Å². The second-order valence-electron chi connectivity index (χ2n) is 9.53. The number of nitrogens with one attached hydrogen (secondary N) is 1. The van der Waals surface area contributed by atoms with Crippen LogP contribution in [0.2, 0.25) is 18.1 Å². The van der Waals surface area contributed by atoms with E-state index in [-0.39, 0.29) is 23.0 Å². The predicted octanol–water partition coefficient (Wildman–Crippen LogP) is 3.30. The Hall–Kier alpha value is -2.17. The zero-order chi connectivity index (χ0) is 22.3. The quantitative estimate of drug-likeness (QED) is 0.550. The van der Waals surface area contributed by atoms with Gasteiger partial charge in [0.25, 0.3) is 0 Å². The van der Waals surface area contributed by atoms with Crippen LogP contribution < -0.4 is 5.32 Å². The molecule has 10 heteroatoms. The lowest BCUT2D eigenvalue weighted by Crippen LogP contribution is -2.46. The number of imidazole rings is 1. The molecule has 3 rings (SSSR count). The summed E-state index contributed by atoms with van der Waals surface area (Å²) in [6.07, 6.45) is 2.89. The van der Waals surface area contributed by atoms with E-state index in [4.69, 9.17) is 9.16 Å². The van der Waals surface area contributed by atoms with Crippen LogP contribution in [-0.4, -0.2) is 52.2 Å². The Labute approximate surface area is 177 Å². The van der Waals surface area contributed by atoms with Gasteiger partial charge in [0.05, 0.1) is 12.4 Å². The molecule has 0 saturated carbocycles. The minimum Gasteiger partial charge on any atom is -0.411 e. The highest BCUT2D eigenvalue weighted by Gasteiger charge is 2.45. The smallest absolute Gasteiger partial charge is 0.228 e. The normalized spacial score (nSPS) is 22.6. The molecule has 1 N–H and O–H groups in total. The fourth-order valence-corrected chi connectivity index (χ4v) is 4.38. The fourth-order valence-electron chi connectivity index (χ4n) is 3.04. The zero-order valence-corrected chi connectivity index (χ0v) is 19.7. The number of anilines is 1. The Kier molecular flexibility index (Phi) is 6.12. The molecule has 164 valence electrons. The number of carbonyl (C=O) groups excluding carboxylic acids is 2. The third kappa shape index (κ3) is 4.30. The van der Waals surface area contributed by atoms with E-state index in [2.05, 4.69) is 54.1 Å². The van der Waals surface area contributed by atoms with Crippen LogP contribution in [0.5, 0.6) is 0 Å². The van der Waals surface area contributed by atoms with Gasteiger partial charge in [-0.2, -0.15) is 0 Å². The number of aromatic nitrogens is 4. The summed E-state index contributed by atoms with van der Waals surface area (Å²) < 4.78 is 14.2. The monoisotopic (exact) mass is 433 g/mol. The van der Waals surface area contributed by atoms with Crippen molar-refractivity contribution in [1.82, 2.24) is 19.5 Å². The first-order chi connectivity index (χ1) is 13.9. The molecule has 0 spiro atoms. The fraction of sp³-hybridized carbons (Fsp3) is 0.650. The number of nitrogens with zero attached hydrogens (tertiary/aromatic N) is 4. The van der Waals surface area contributed by atoms with E-state index in [1.54, 1.807) is 24.7 Å². The van der Waals surface area contributed by atoms with Crippen LogP contribution >= 0.6 is 0 Å². The van der Waals surface area contributed by atoms with Crippen LogP contribution in [0.3, 0.4) is 0 Å². The molecule has 1 fully saturated rings. The van der Waals surface area contributed by atoms with Gasteiger partial charge in [-0.25, -0.2) is 15.0 Å². The van der Waals surface area contributed by atoms with E-state index in [0.29, 0.717) is 23.4 Å². The number of ether oxygens (including phenoxy) is 1. The first-order valence-corrected chi connectivity index (χ1v) is 13.1. The molecule has 3 heterocycles. The second kappa shape index (κ2) is 8.16. The summed E-state index contributed by atoms with van der Waals surface area (Å²) in [5.74, 6) is 0.0267. The molecule has 1 amide bonds. The average Bonchev–Trinajstić information content (AvgIpc) is 3.24. The van der Waals surface area contributed by atoms with Crippen LogP contribution in [0.1, 0.15) is 47.3 Å². The molecule has 2 aromatic heterocycles. The molecule has 0 unspecified atom stereocenters. The van der Waals surface area contributed by atoms with Crippen molar-refractivity contribution < 1.29 is 18.8 Å². The van der Waals surface area contributed by atoms with Crippen molar-refractivity contribution in [2.45, 2.75) is 77.6 Å². The topological polar surface area (TPSA) is 108 Å². The molecule has 2 aromatic rings. The van der Waals surface area contributed by atoms with Gasteiger partial charge in [0, 0.05) is 12.3 Å². The van der Waals surface area contributed by atoms with Crippen molar-refractivity contribution in [3.05, 3.63) is 12.7 Å². The first kappa shape index (κ1) is 22.5. The van der Waals surface area contributed by atoms with Crippen molar-refractivity contribution in [3.63, 3.8) is 0 Å². The van der Waals surface area contributed by atoms with Gasteiger partial charge >= 0.3 is 0 Å². The molecular formula is C20H31N5O4Si. The van der Waals surface area contributed by atoms with Gasteiger partial charge in [-0.05, 0) is 18.1 Å². The lowest BCUT2D eigenvalue weighted by Gasteiger charge is -2.38. The van der Waals surface area contributed by atoms with Gasteiger partial charge in [0.2, 0.25) is 5.91 Å². The Morgan fingerprint density at radius 3 is 2.63 bits per heavy atom. The van der Waals surface area contributed by atoms with Crippen LogP contribution in [0.4, 0.5) is 5.82 Å². The third-order valence-corrected chi connectivity index (χ3v) is 10.4. The summed E-state index contributed by atoms with van der Waals surface area (Å²) in [7, 11) is -2.07. The number of hydrogen-bond donors (Lipinski definition) is 1. The minimum absolute atomic E-state index is 0.0248. The Morgan fingerprint density at radius 2 is 2.03 bits per heavy atom. The van der Waals surface area contributed by atoms with Gasteiger partial charge in [-0.15, -0.1) is 0 Å². The van der Waals surface area contributed by atoms with Crippen molar-refractivity contribution in [1.29, 1.82) is 0 Å². The van der Waals surface area contributed by atoms with Gasteiger partial charge in [-0.1, -0.05) is 34.6 Å². The molecule has 0 aliphatic carbocycles. The van der Waals surface area contributed by atoms with Crippen LogP contribution in [-0.2, 0) is 18.8 Å². The van der Waals surface area contributed by atoms with E-state index in [1.807, 2.05) is 0 Å². The summed E-state index contributed by atoms with van der Waals surface area (Å²) in [4.78, 5) is 36.6. The molecule has 1 saturated heterocycles.